The Morgan fingerprint density at radius 3 is 2.26 bits per heavy atom. The number of para-hydroxylation sites is 1. The molecule has 4 rings (SSSR count). The Morgan fingerprint density at radius 2 is 1.65 bits per heavy atom. The van der Waals surface area contributed by atoms with E-state index in [1.54, 1.807) is 29.1 Å². The highest BCUT2D eigenvalue weighted by atomic mass is 32.2. The van der Waals surface area contributed by atoms with Crippen LogP contribution in [0.3, 0.4) is 0 Å². The second-order valence-corrected chi connectivity index (χ2v) is 9.44. The Balaban J connectivity index is 1.82. The molecule has 1 aromatic heterocycles. The third-order valence-corrected chi connectivity index (χ3v) is 6.78. The SMILES string of the molecule is CCCOc1ccc(-c2nn(-c3ccccc3)cc2/C=C(\C#N)S(=O)(=O)c2ccccc2)cc1. The maximum atomic E-state index is 13.1. The number of hydrogen-bond donors (Lipinski definition) is 0. The number of nitrogens with zero attached hydrogens (tertiary/aromatic N) is 3. The smallest absolute Gasteiger partial charge is 0.216 e. The molecule has 0 radical (unpaired) electrons. The quantitative estimate of drug-likeness (QED) is 0.311. The Labute approximate surface area is 199 Å². The van der Waals surface area contributed by atoms with E-state index in [0.29, 0.717) is 17.9 Å². The molecule has 0 N–H and O–H groups in total. The standard InChI is InChI=1S/C27H23N3O3S/c1-2-17-33-24-15-13-21(14-16-24)27-22(20-30(29-27)23-9-5-3-6-10-23)18-26(19-28)34(31,32)25-11-7-4-8-12-25/h3-16,18,20H,2,17H2,1H3/b26-18+. The van der Waals surface area contributed by atoms with Gasteiger partial charge in [-0.05, 0) is 61.0 Å². The average molecular weight is 470 g/mol. The largest absolute Gasteiger partial charge is 0.494 e. The molecule has 4 aromatic rings. The average Bonchev–Trinajstić information content (AvgIpc) is 3.31. The maximum Gasteiger partial charge on any atom is 0.216 e. The van der Waals surface area contributed by atoms with E-state index in [-0.39, 0.29) is 9.80 Å². The second kappa shape index (κ2) is 10.2. The highest BCUT2D eigenvalue weighted by molar-refractivity contribution is 7.95. The summed E-state index contributed by atoms with van der Waals surface area (Å²) in [4.78, 5) is -0.285. The van der Waals surface area contributed by atoms with E-state index in [4.69, 9.17) is 9.84 Å². The van der Waals surface area contributed by atoms with Crippen LogP contribution in [0.4, 0.5) is 0 Å². The maximum absolute atomic E-state index is 13.1. The van der Waals surface area contributed by atoms with E-state index in [1.807, 2.05) is 67.6 Å². The van der Waals surface area contributed by atoms with E-state index in [9.17, 15) is 13.7 Å². The van der Waals surface area contributed by atoms with Gasteiger partial charge in [-0.2, -0.15) is 10.4 Å². The number of aromatic nitrogens is 2. The van der Waals surface area contributed by atoms with Gasteiger partial charge in [-0.3, -0.25) is 0 Å². The van der Waals surface area contributed by atoms with Crippen LogP contribution in [0.1, 0.15) is 18.9 Å². The first-order chi connectivity index (χ1) is 16.5. The predicted octanol–water partition coefficient (Wildman–Crippen LogP) is 5.67. The molecule has 0 amide bonds. The molecular formula is C27H23N3O3S. The van der Waals surface area contributed by atoms with Crippen molar-refractivity contribution in [3.8, 4) is 28.8 Å². The van der Waals surface area contributed by atoms with Gasteiger partial charge in [0.15, 0.2) is 0 Å². The molecule has 0 bridgehead atoms. The number of sulfone groups is 1. The van der Waals surface area contributed by atoms with Crippen LogP contribution in [0, 0.1) is 11.3 Å². The zero-order valence-electron chi connectivity index (χ0n) is 18.6. The molecule has 34 heavy (non-hydrogen) atoms. The summed E-state index contributed by atoms with van der Waals surface area (Å²) in [6.45, 7) is 2.67. The van der Waals surface area contributed by atoms with Crippen LogP contribution in [-0.2, 0) is 9.84 Å². The van der Waals surface area contributed by atoms with Crippen molar-refractivity contribution in [3.05, 3.63) is 102 Å². The number of allylic oxidation sites excluding steroid dienone is 1. The van der Waals surface area contributed by atoms with Gasteiger partial charge in [0.05, 0.1) is 17.2 Å². The summed E-state index contributed by atoms with van der Waals surface area (Å²) < 4.78 is 33.5. The lowest BCUT2D eigenvalue weighted by Crippen LogP contribution is -2.03. The molecule has 0 unspecified atom stereocenters. The Bertz CT molecular complexity index is 1430. The second-order valence-electron chi connectivity index (χ2n) is 7.52. The lowest BCUT2D eigenvalue weighted by molar-refractivity contribution is 0.317. The minimum absolute atomic E-state index is 0.0669. The van der Waals surface area contributed by atoms with Crippen LogP contribution in [-0.4, -0.2) is 24.8 Å². The molecule has 170 valence electrons. The lowest BCUT2D eigenvalue weighted by Gasteiger charge is -2.06. The molecule has 0 aliphatic rings. The van der Waals surface area contributed by atoms with Gasteiger partial charge >= 0.3 is 0 Å². The van der Waals surface area contributed by atoms with Crippen LogP contribution < -0.4 is 4.74 Å². The van der Waals surface area contributed by atoms with Crippen molar-refractivity contribution < 1.29 is 13.2 Å². The predicted molar refractivity (Wildman–Crippen MR) is 132 cm³/mol. The third kappa shape index (κ3) is 4.92. The number of nitriles is 1. The van der Waals surface area contributed by atoms with Gasteiger partial charge in [-0.15, -0.1) is 0 Å². The molecular weight excluding hydrogens is 446 g/mol. The van der Waals surface area contributed by atoms with Crippen LogP contribution in [0.25, 0.3) is 23.0 Å². The van der Waals surface area contributed by atoms with Gasteiger partial charge in [0.25, 0.3) is 0 Å². The van der Waals surface area contributed by atoms with Crippen molar-refractivity contribution >= 4 is 15.9 Å². The fraction of sp³-hybridized carbons (Fsp3) is 0.111. The van der Waals surface area contributed by atoms with E-state index < -0.39 is 9.84 Å². The topological polar surface area (TPSA) is 85.0 Å². The Morgan fingerprint density at radius 1 is 1.00 bits per heavy atom. The van der Waals surface area contributed by atoms with Crippen LogP contribution in [0.2, 0.25) is 0 Å². The Hall–Kier alpha value is -4.15. The number of benzene rings is 3. The van der Waals surface area contributed by atoms with Crippen molar-refractivity contribution in [2.45, 2.75) is 18.2 Å². The fourth-order valence-corrected chi connectivity index (χ4v) is 4.57. The molecule has 6 nitrogen and oxygen atoms in total. The molecule has 7 heteroatoms. The normalized spacial score (nSPS) is 11.7. The molecule has 0 spiro atoms. The lowest BCUT2D eigenvalue weighted by atomic mass is 10.1. The molecule has 0 saturated heterocycles. The molecule has 0 fully saturated rings. The summed E-state index contributed by atoms with van der Waals surface area (Å²) in [5.41, 5.74) is 2.67. The number of ether oxygens (including phenoxy) is 1. The molecule has 0 aliphatic carbocycles. The highest BCUT2D eigenvalue weighted by Gasteiger charge is 2.22. The molecule has 0 saturated carbocycles. The first-order valence-corrected chi connectivity index (χ1v) is 12.3. The van der Waals surface area contributed by atoms with Gasteiger partial charge in [0.2, 0.25) is 9.84 Å². The molecule has 0 atom stereocenters. The minimum atomic E-state index is -3.98. The van der Waals surface area contributed by atoms with Gasteiger partial charge < -0.3 is 4.74 Å². The molecule has 0 aliphatic heterocycles. The van der Waals surface area contributed by atoms with Crippen molar-refractivity contribution in [2.75, 3.05) is 6.61 Å². The van der Waals surface area contributed by atoms with Gasteiger partial charge in [-0.1, -0.05) is 43.3 Å². The summed E-state index contributed by atoms with van der Waals surface area (Å²) in [6.07, 6.45) is 4.01. The fourth-order valence-electron chi connectivity index (χ4n) is 3.40. The van der Waals surface area contributed by atoms with E-state index in [2.05, 4.69) is 0 Å². The summed E-state index contributed by atoms with van der Waals surface area (Å²) >= 11 is 0. The van der Waals surface area contributed by atoms with Crippen molar-refractivity contribution in [2.24, 2.45) is 0 Å². The van der Waals surface area contributed by atoms with Crippen LogP contribution in [0.15, 0.2) is 101 Å². The zero-order chi connectivity index (χ0) is 24.0. The monoisotopic (exact) mass is 469 g/mol. The van der Waals surface area contributed by atoms with Crippen molar-refractivity contribution in [3.63, 3.8) is 0 Å². The van der Waals surface area contributed by atoms with E-state index in [0.717, 1.165) is 23.4 Å². The van der Waals surface area contributed by atoms with Gasteiger partial charge in [0, 0.05) is 17.3 Å². The summed E-state index contributed by atoms with van der Waals surface area (Å²) in [6, 6.07) is 26.8. The minimum Gasteiger partial charge on any atom is -0.494 e. The first kappa shape index (κ1) is 23.0. The van der Waals surface area contributed by atoms with Gasteiger partial charge in [-0.25, -0.2) is 13.1 Å². The highest BCUT2D eigenvalue weighted by Crippen LogP contribution is 2.29. The molecule has 3 aromatic carbocycles. The van der Waals surface area contributed by atoms with Gasteiger partial charge in [0.1, 0.15) is 22.4 Å². The number of rotatable bonds is 8. The van der Waals surface area contributed by atoms with E-state index in [1.165, 1.54) is 18.2 Å². The van der Waals surface area contributed by atoms with Crippen molar-refractivity contribution in [1.82, 2.24) is 9.78 Å². The third-order valence-electron chi connectivity index (χ3n) is 5.10. The zero-order valence-corrected chi connectivity index (χ0v) is 19.4. The first-order valence-electron chi connectivity index (χ1n) is 10.8. The summed E-state index contributed by atoms with van der Waals surface area (Å²) in [5, 5.41) is 14.5. The molecule has 1 heterocycles. The van der Waals surface area contributed by atoms with Crippen LogP contribution in [0.5, 0.6) is 5.75 Å². The van der Waals surface area contributed by atoms with Crippen LogP contribution >= 0.6 is 0 Å². The van der Waals surface area contributed by atoms with E-state index >= 15 is 0 Å². The number of hydrogen-bond acceptors (Lipinski definition) is 5. The summed E-state index contributed by atoms with van der Waals surface area (Å²) in [7, 11) is -3.98. The summed E-state index contributed by atoms with van der Waals surface area (Å²) in [5.74, 6) is 0.745. The Kier molecular flexibility index (Phi) is 6.90. The van der Waals surface area contributed by atoms with Crippen molar-refractivity contribution in [1.29, 1.82) is 5.26 Å².